The summed E-state index contributed by atoms with van der Waals surface area (Å²) >= 11 is 0. The van der Waals surface area contributed by atoms with Gasteiger partial charge in [0.1, 0.15) is 5.82 Å². The predicted molar refractivity (Wildman–Crippen MR) is 79.1 cm³/mol. The van der Waals surface area contributed by atoms with Gasteiger partial charge in [0.2, 0.25) is 0 Å². The summed E-state index contributed by atoms with van der Waals surface area (Å²) in [7, 11) is 4.06. The number of nitrogens with zero attached hydrogens (tertiary/aromatic N) is 1. The van der Waals surface area contributed by atoms with E-state index in [4.69, 9.17) is 4.74 Å². The van der Waals surface area contributed by atoms with Crippen molar-refractivity contribution in [1.82, 2.24) is 10.2 Å². The van der Waals surface area contributed by atoms with Crippen LogP contribution in [0, 0.1) is 11.2 Å². The fraction of sp³-hybridized carbons (Fsp3) is 0.625. The van der Waals surface area contributed by atoms with E-state index in [0.717, 1.165) is 44.7 Å². The van der Waals surface area contributed by atoms with Crippen molar-refractivity contribution in [3.63, 3.8) is 0 Å². The lowest BCUT2D eigenvalue weighted by molar-refractivity contribution is -0.000855. The monoisotopic (exact) mass is 280 g/mol. The number of rotatable bonds is 6. The van der Waals surface area contributed by atoms with Crippen LogP contribution in [0.2, 0.25) is 0 Å². The average molecular weight is 280 g/mol. The highest BCUT2D eigenvalue weighted by molar-refractivity contribution is 5.17. The van der Waals surface area contributed by atoms with E-state index in [1.807, 2.05) is 19.2 Å². The van der Waals surface area contributed by atoms with E-state index < -0.39 is 0 Å². The van der Waals surface area contributed by atoms with Crippen LogP contribution in [-0.2, 0) is 11.3 Å². The first-order chi connectivity index (χ1) is 9.65. The van der Waals surface area contributed by atoms with Crippen molar-refractivity contribution in [2.45, 2.75) is 19.4 Å². The Hall–Kier alpha value is -0.970. The number of hydrogen-bond donors (Lipinski definition) is 1. The highest BCUT2D eigenvalue weighted by Crippen LogP contribution is 2.31. The number of hydrogen-bond acceptors (Lipinski definition) is 3. The van der Waals surface area contributed by atoms with Gasteiger partial charge in [0.25, 0.3) is 0 Å². The van der Waals surface area contributed by atoms with Crippen LogP contribution in [0.1, 0.15) is 18.4 Å². The fourth-order valence-electron chi connectivity index (χ4n) is 3.12. The molecule has 1 aromatic rings. The number of halogens is 1. The molecule has 1 aromatic carbocycles. The molecule has 1 aliphatic heterocycles. The third kappa shape index (κ3) is 4.01. The minimum atomic E-state index is -0.117. The third-order valence-electron chi connectivity index (χ3n) is 4.11. The summed E-state index contributed by atoms with van der Waals surface area (Å²) in [5.74, 6) is -0.117. The molecule has 112 valence electrons. The molecule has 1 fully saturated rings. The molecule has 0 aromatic heterocycles. The SMILES string of the molecule is CNCC1(CN(C)Cc2ccccc2F)CCOCC1. The first kappa shape index (κ1) is 15.4. The zero-order valence-corrected chi connectivity index (χ0v) is 12.5. The Morgan fingerprint density at radius 1 is 1.30 bits per heavy atom. The van der Waals surface area contributed by atoms with Crippen LogP contribution < -0.4 is 5.32 Å². The Morgan fingerprint density at radius 2 is 2.00 bits per heavy atom. The maximum atomic E-state index is 13.7. The molecule has 20 heavy (non-hydrogen) atoms. The van der Waals surface area contributed by atoms with Crippen LogP contribution in [0.15, 0.2) is 24.3 Å². The van der Waals surface area contributed by atoms with Crippen molar-refractivity contribution in [1.29, 1.82) is 0 Å². The predicted octanol–water partition coefficient (Wildman–Crippen LogP) is 2.27. The maximum absolute atomic E-state index is 13.7. The van der Waals surface area contributed by atoms with E-state index in [1.54, 1.807) is 6.07 Å². The van der Waals surface area contributed by atoms with Gasteiger partial charge >= 0.3 is 0 Å². The highest BCUT2D eigenvalue weighted by atomic mass is 19.1. The van der Waals surface area contributed by atoms with E-state index in [0.29, 0.717) is 6.54 Å². The van der Waals surface area contributed by atoms with Crippen LogP contribution in [0.4, 0.5) is 4.39 Å². The summed E-state index contributed by atoms with van der Waals surface area (Å²) < 4.78 is 19.2. The molecule has 0 radical (unpaired) electrons. The second kappa shape index (κ2) is 7.16. The molecular weight excluding hydrogens is 255 g/mol. The third-order valence-corrected chi connectivity index (χ3v) is 4.11. The molecule has 2 rings (SSSR count). The van der Waals surface area contributed by atoms with E-state index in [9.17, 15) is 4.39 Å². The molecule has 0 amide bonds. The number of nitrogens with one attached hydrogen (secondary N) is 1. The first-order valence-electron chi connectivity index (χ1n) is 7.29. The standard InChI is InChI=1S/C16H25FN2O/c1-18-12-16(7-9-20-10-8-16)13-19(2)11-14-5-3-4-6-15(14)17/h3-6,18H,7-13H2,1-2H3. The minimum Gasteiger partial charge on any atom is -0.381 e. The quantitative estimate of drug-likeness (QED) is 0.865. The van der Waals surface area contributed by atoms with E-state index >= 15 is 0 Å². The summed E-state index contributed by atoms with van der Waals surface area (Å²) in [4.78, 5) is 2.22. The Labute approximate surface area is 121 Å². The van der Waals surface area contributed by atoms with Crippen LogP contribution in [0.3, 0.4) is 0 Å². The Morgan fingerprint density at radius 3 is 2.65 bits per heavy atom. The van der Waals surface area contributed by atoms with Crippen molar-refractivity contribution >= 4 is 0 Å². The van der Waals surface area contributed by atoms with Crippen molar-refractivity contribution < 1.29 is 9.13 Å². The zero-order valence-electron chi connectivity index (χ0n) is 12.5. The lowest BCUT2D eigenvalue weighted by Crippen LogP contribution is -2.45. The molecule has 1 heterocycles. The Balaban J connectivity index is 1.98. The topological polar surface area (TPSA) is 24.5 Å². The normalized spacial score (nSPS) is 18.4. The highest BCUT2D eigenvalue weighted by Gasteiger charge is 2.33. The molecule has 1 N–H and O–H groups in total. The van der Waals surface area contributed by atoms with Gasteiger partial charge in [0, 0.05) is 38.4 Å². The van der Waals surface area contributed by atoms with Gasteiger partial charge in [-0.2, -0.15) is 0 Å². The summed E-state index contributed by atoms with van der Waals surface area (Å²) in [6, 6.07) is 7.02. The summed E-state index contributed by atoms with van der Waals surface area (Å²) in [6.45, 7) is 4.26. The van der Waals surface area contributed by atoms with Crippen molar-refractivity contribution in [3.05, 3.63) is 35.6 Å². The van der Waals surface area contributed by atoms with Gasteiger partial charge in [0.05, 0.1) is 0 Å². The Bertz CT molecular complexity index is 413. The van der Waals surface area contributed by atoms with E-state index in [1.165, 1.54) is 6.07 Å². The van der Waals surface area contributed by atoms with Crippen molar-refractivity contribution in [3.8, 4) is 0 Å². The lowest BCUT2D eigenvalue weighted by atomic mass is 9.79. The molecule has 0 aliphatic carbocycles. The molecule has 0 atom stereocenters. The molecule has 1 aliphatic rings. The first-order valence-corrected chi connectivity index (χ1v) is 7.29. The minimum absolute atomic E-state index is 0.117. The molecule has 0 bridgehead atoms. The van der Waals surface area contributed by atoms with Crippen LogP contribution in [0.25, 0.3) is 0 Å². The summed E-state index contributed by atoms with van der Waals surface area (Å²) in [5.41, 5.74) is 1.01. The maximum Gasteiger partial charge on any atom is 0.127 e. The number of ether oxygens (including phenoxy) is 1. The summed E-state index contributed by atoms with van der Waals surface area (Å²) in [5, 5.41) is 3.30. The largest absolute Gasteiger partial charge is 0.381 e. The molecule has 3 nitrogen and oxygen atoms in total. The molecular formula is C16H25FN2O. The van der Waals surface area contributed by atoms with Gasteiger partial charge in [-0.15, -0.1) is 0 Å². The molecule has 1 saturated heterocycles. The van der Waals surface area contributed by atoms with E-state index in [-0.39, 0.29) is 11.2 Å². The zero-order chi connectivity index (χ0) is 14.4. The van der Waals surface area contributed by atoms with Gasteiger partial charge in [0.15, 0.2) is 0 Å². The smallest absolute Gasteiger partial charge is 0.127 e. The Kier molecular flexibility index (Phi) is 5.52. The van der Waals surface area contributed by atoms with Gasteiger partial charge in [-0.25, -0.2) is 4.39 Å². The summed E-state index contributed by atoms with van der Waals surface area (Å²) in [6.07, 6.45) is 2.13. The average Bonchev–Trinajstić information content (AvgIpc) is 2.42. The molecule has 4 heteroatoms. The molecule has 0 unspecified atom stereocenters. The van der Waals surface area contributed by atoms with Crippen molar-refractivity contribution in [2.75, 3.05) is 40.4 Å². The van der Waals surface area contributed by atoms with Gasteiger partial charge in [-0.3, -0.25) is 0 Å². The molecule has 0 spiro atoms. The second-order valence-corrected chi connectivity index (χ2v) is 5.91. The molecule has 0 saturated carbocycles. The van der Waals surface area contributed by atoms with E-state index in [2.05, 4.69) is 17.3 Å². The lowest BCUT2D eigenvalue weighted by Gasteiger charge is -2.40. The van der Waals surface area contributed by atoms with Crippen LogP contribution in [0.5, 0.6) is 0 Å². The van der Waals surface area contributed by atoms with Gasteiger partial charge in [-0.05, 0) is 38.4 Å². The fourth-order valence-corrected chi connectivity index (χ4v) is 3.12. The van der Waals surface area contributed by atoms with Crippen LogP contribution in [-0.4, -0.2) is 45.3 Å². The second-order valence-electron chi connectivity index (χ2n) is 5.91. The van der Waals surface area contributed by atoms with Gasteiger partial charge in [-0.1, -0.05) is 18.2 Å². The van der Waals surface area contributed by atoms with Crippen LogP contribution >= 0.6 is 0 Å². The van der Waals surface area contributed by atoms with Gasteiger partial charge < -0.3 is 15.0 Å². The number of benzene rings is 1. The van der Waals surface area contributed by atoms with Crippen molar-refractivity contribution in [2.24, 2.45) is 5.41 Å².